The molecule has 160 valence electrons. The summed E-state index contributed by atoms with van der Waals surface area (Å²) in [5.41, 5.74) is 0.614. The summed E-state index contributed by atoms with van der Waals surface area (Å²) >= 11 is 0. The molecule has 0 radical (unpaired) electrons. The predicted molar refractivity (Wildman–Crippen MR) is 112 cm³/mol. The van der Waals surface area contributed by atoms with Crippen molar-refractivity contribution in [2.75, 3.05) is 38.6 Å². The van der Waals surface area contributed by atoms with E-state index in [-0.39, 0.29) is 23.3 Å². The van der Waals surface area contributed by atoms with Gasteiger partial charge in [0.25, 0.3) is 0 Å². The third-order valence-electron chi connectivity index (χ3n) is 6.13. The van der Waals surface area contributed by atoms with Crippen molar-refractivity contribution in [2.45, 2.75) is 44.4 Å². The molecule has 29 heavy (non-hydrogen) atoms. The van der Waals surface area contributed by atoms with Gasteiger partial charge in [0, 0.05) is 32.9 Å². The number of nitrogens with zero attached hydrogens (tertiary/aromatic N) is 3. The number of anilines is 1. The van der Waals surface area contributed by atoms with Gasteiger partial charge in [-0.2, -0.15) is 4.31 Å². The molecule has 2 heterocycles. The minimum absolute atomic E-state index is 0.0704. The van der Waals surface area contributed by atoms with E-state index in [1.54, 1.807) is 42.8 Å². The molecule has 1 aromatic carbocycles. The van der Waals surface area contributed by atoms with Crippen molar-refractivity contribution in [3.8, 4) is 0 Å². The first kappa shape index (κ1) is 21.8. The monoisotopic (exact) mass is 421 g/mol. The summed E-state index contributed by atoms with van der Waals surface area (Å²) in [5, 5.41) is 0. The van der Waals surface area contributed by atoms with Crippen molar-refractivity contribution in [2.24, 2.45) is 11.8 Å². The largest absolute Gasteiger partial charge is 0.341 e. The van der Waals surface area contributed by atoms with Crippen molar-refractivity contribution in [1.82, 2.24) is 9.21 Å². The minimum atomic E-state index is -3.85. The lowest BCUT2D eigenvalue weighted by molar-refractivity contribution is -0.133. The van der Waals surface area contributed by atoms with Crippen molar-refractivity contribution in [1.29, 1.82) is 0 Å². The fourth-order valence-electron chi connectivity index (χ4n) is 4.53. The summed E-state index contributed by atoms with van der Waals surface area (Å²) in [5.74, 6) is 0.584. The van der Waals surface area contributed by atoms with Crippen LogP contribution in [0, 0.1) is 11.8 Å². The Morgan fingerprint density at radius 2 is 1.79 bits per heavy atom. The van der Waals surface area contributed by atoms with Crippen molar-refractivity contribution in [3.63, 3.8) is 0 Å². The molecule has 7 nitrogen and oxygen atoms in total. The second kappa shape index (κ2) is 7.40. The number of likely N-dealkylation sites (N-methyl/N-ethyl adjacent to an activating group) is 2. The molecular formula is C21H31N3O4S. The van der Waals surface area contributed by atoms with E-state index < -0.39 is 15.4 Å². The summed E-state index contributed by atoms with van der Waals surface area (Å²) in [6, 6.07) is 4.74. The maximum atomic E-state index is 13.1. The van der Waals surface area contributed by atoms with Crippen LogP contribution in [0.25, 0.3) is 0 Å². The van der Waals surface area contributed by atoms with Crippen LogP contribution in [0.15, 0.2) is 23.1 Å². The molecule has 0 spiro atoms. The number of carbonyl (C=O) groups excluding carboxylic acids is 2. The van der Waals surface area contributed by atoms with Crippen LogP contribution in [0.2, 0.25) is 0 Å². The molecule has 2 atom stereocenters. The van der Waals surface area contributed by atoms with Crippen LogP contribution in [0.3, 0.4) is 0 Å². The standard InChI is InChI=1S/C21H31N3O4S/c1-14-9-15(2)12-24(11-14)19(25)13-22(5)29(27,28)16-7-8-18-17(10-16)21(3,4)20(26)23(18)6/h7-8,10,14-15H,9,11-13H2,1-6H3/t14-,15-/m0/s1. The van der Waals surface area contributed by atoms with E-state index in [1.165, 1.54) is 13.1 Å². The van der Waals surface area contributed by atoms with Crippen molar-refractivity contribution >= 4 is 27.5 Å². The summed E-state index contributed by atoms with van der Waals surface area (Å²) in [4.78, 5) is 28.6. The molecule has 0 N–H and O–H groups in total. The van der Waals surface area contributed by atoms with Gasteiger partial charge in [0.2, 0.25) is 21.8 Å². The molecule has 1 saturated heterocycles. The Morgan fingerprint density at radius 3 is 2.38 bits per heavy atom. The lowest BCUT2D eigenvalue weighted by Crippen LogP contribution is -2.47. The first-order valence-electron chi connectivity index (χ1n) is 10.0. The van der Waals surface area contributed by atoms with E-state index in [4.69, 9.17) is 0 Å². The number of hydrogen-bond donors (Lipinski definition) is 0. The Bertz CT molecular complexity index is 931. The molecule has 0 bridgehead atoms. The third-order valence-corrected chi connectivity index (χ3v) is 7.93. The van der Waals surface area contributed by atoms with Gasteiger partial charge in [-0.25, -0.2) is 8.42 Å². The Hall–Kier alpha value is -1.93. The molecule has 3 rings (SSSR count). The van der Waals surface area contributed by atoms with Crippen LogP contribution in [0.1, 0.15) is 39.7 Å². The zero-order valence-corrected chi connectivity index (χ0v) is 18.9. The molecule has 8 heteroatoms. The topological polar surface area (TPSA) is 78.0 Å². The molecule has 2 aliphatic heterocycles. The van der Waals surface area contributed by atoms with Gasteiger partial charge in [0.1, 0.15) is 0 Å². The van der Waals surface area contributed by atoms with Gasteiger partial charge < -0.3 is 9.80 Å². The van der Waals surface area contributed by atoms with E-state index >= 15 is 0 Å². The Kier molecular flexibility index (Phi) is 5.55. The first-order valence-corrected chi connectivity index (χ1v) is 11.5. The number of amides is 2. The number of benzene rings is 1. The van der Waals surface area contributed by atoms with E-state index in [0.29, 0.717) is 36.2 Å². The SMILES string of the molecule is C[C@H]1C[C@H](C)CN(C(=O)CN(C)S(=O)(=O)c2ccc3c(c2)C(C)(C)C(=O)N3C)C1. The fraction of sp³-hybridized carbons (Fsp3) is 0.619. The maximum absolute atomic E-state index is 13.1. The molecular weight excluding hydrogens is 390 g/mol. The van der Waals surface area contributed by atoms with Crippen LogP contribution in [-0.2, 0) is 25.0 Å². The lowest BCUT2D eigenvalue weighted by Gasteiger charge is -2.35. The molecule has 0 aromatic heterocycles. The van der Waals surface area contributed by atoms with Crippen molar-refractivity contribution in [3.05, 3.63) is 23.8 Å². The zero-order valence-electron chi connectivity index (χ0n) is 18.1. The average molecular weight is 422 g/mol. The van der Waals surface area contributed by atoms with Crippen LogP contribution in [0.5, 0.6) is 0 Å². The van der Waals surface area contributed by atoms with Gasteiger partial charge >= 0.3 is 0 Å². The van der Waals surface area contributed by atoms with Crippen LogP contribution in [-0.4, -0.2) is 63.2 Å². The smallest absolute Gasteiger partial charge is 0.243 e. The van der Waals surface area contributed by atoms with Gasteiger partial charge in [-0.3, -0.25) is 9.59 Å². The van der Waals surface area contributed by atoms with Crippen LogP contribution >= 0.6 is 0 Å². The Balaban J connectivity index is 1.82. The predicted octanol–water partition coefficient (Wildman–Crippen LogP) is 2.07. The van der Waals surface area contributed by atoms with Crippen LogP contribution < -0.4 is 4.90 Å². The number of sulfonamides is 1. The van der Waals surface area contributed by atoms with Gasteiger partial charge in [-0.1, -0.05) is 13.8 Å². The molecule has 2 amide bonds. The van der Waals surface area contributed by atoms with Gasteiger partial charge in [-0.15, -0.1) is 0 Å². The van der Waals surface area contributed by atoms with Gasteiger partial charge in [-0.05, 0) is 55.9 Å². The maximum Gasteiger partial charge on any atom is 0.243 e. The highest BCUT2D eigenvalue weighted by molar-refractivity contribution is 7.89. The molecule has 0 unspecified atom stereocenters. The van der Waals surface area contributed by atoms with E-state index in [1.807, 2.05) is 0 Å². The highest BCUT2D eigenvalue weighted by atomic mass is 32.2. The number of piperidine rings is 1. The first-order chi connectivity index (χ1) is 13.4. The molecule has 0 aliphatic carbocycles. The zero-order chi connectivity index (χ0) is 21.7. The summed E-state index contributed by atoms with van der Waals surface area (Å²) < 4.78 is 27.3. The van der Waals surface area contributed by atoms with Crippen LogP contribution in [0.4, 0.5) is 5.69 Å². The Morgan fingerprint density at radius 1 is 1.21 bits per heavy atom. The number of fused-ring (bicyclic) bond motifs is 1. The van der Waals surface area contributed by atoms with Crippen molar-refractivity contribution < 1.29 is 18.0 Å². The molecule has 0 saturated carbocycles. The lowest BCUT2D eigenvalue weighted by atomic mass is 9.86. The van der Waals surface area contributed by atoms with E-state index in [2.05, 4.69) is 13.8 Å². The molecule has 1 fully saturated rings. The second-order valence-electron chi connectivity index (χ2n) is 9.17. The van der Waals surface area contributed by atoms with Gasteiger partial charge in [0.05, 0.1) is 16.9 Å². The van der Waals surface area contributed by atoms with E-state index in [0.717, 1.165) is 10.7 Å². The highest BCUT2D eigenvalue weighted by Gasteiger charge is 2.43. The number of rotatable bonds is 4. The third kappa shape index (κ3) is 3.80. The number of hydrogen-bond acceptors (Lipinski definition) is 4. The summed E-state index contributed by atoms with van der Waals surface area (Å²) in [6.45, 7) is 8.94. The molecule has 2 aliphatic rings. The average Bonchev–Trinajstić information content (AvgIpc) is 2.81. The number of carbonyl (C=O) groups is 2. The summed E-state index contributed by atoms with van der Waals surface area (Å²) in [6.07, 6.45) is 1.08. The fourth-order valence-corrected chi connectivity index (χ4v) is 5.68. The number of likely N-dealkylation sites (tertiary alicyclic amines) is 1. The molecule has 1 aromatic rings. The normalized spacial score (nSPS) is 24.2. The Labute approximate surface area is 173 Å². The van der Waals surface area contributed by atoms with Gasteiger partial charge in [0.15, 0.2) is 0 Å². The minimum Gasteiger partial charge on any atom is -0.341 e. The quantitative estimate of drug-likeness (QED) is 0.746. The highest BCUT2D eigenvalue weighted by Crippen LogP contribution is 2.41. The second-order valence-corrected chi connectivity index (χ2v) is 11.2. The summed E-state index contributed by atoms with van der Waals surface area (Å²) in [7, 11) is -0.730. The van der Waals surface area contributed by atoms with E-state index in [9.17, 15) is 18.0 Å².